The van der Waals surface area contributed by atoms with Crippen LogP contribution in [-0.2, 0) is 9.59 Å². The van der Waals surface area contributed by atoms with Gasteiger partial charge >= 0.3 is 5.97 Å². The zero-order valence-corrected chi connectivity index (χ0v) is 12.2. The Labute approximate surface area is 115 Å². The summed E-state index contributed by atoms with van der Waals surface area (Å²) in [6, 6.07) is -0.254. The number of carboxylic acids is 1. The third kappa shape index (κ3) is 3.69. The first-order valence-corrected chi connectivity index (χ1v) is 7.27. The number of nitrogens with one attached hydrogen (secondary N) is 2. The highest BCUT2D eigenvalue weighted by molar-refractivity contribution is 5.89. The predicted molar refractivity (Wildman–Crippen MR) is 73.9 cm³/mol. The van der Waals surface area contributed by atoms with Crippen LogP contribution in [0.2, 0.25) is 0 Å². The largest absolute Gasteiger partial charge is 0.480 e. The predicted octanol–water partition coefficient (Wildman–Crippen LogP) is 1.52. The van der Waals surface area contributed by atoms with Crippen molar-refractivity contribution in [3.8, 4) is 0 Å². The van der Waals surface area contributed by atoms with E-state index in [4.69, 9.17) is 0 Å². The lowest BCUT2D eigenvalue weighted by molar-refractivity contribution is -0.148. The van der Waals surface area contributed by atoms with Gasteiger partial charge in [-0.1, -0.05) is 27.2 Å². The summed E-state index contributed by atoms with van der Waals surface area (Å²) in [6.45, 7) is 6.54. The summed E-state index contributed by atoms with van der Waals surface area (Å²) >= 11 is 0. The molecule has 1 saturated heterocycles. The van der Waals surface area contributed by atoms with E-state index in [2.05, 4.69) is 17.6 Å². The van der Waals surface area contributed by atoms with Crippen molar-refractivity contribution in [3.63, 3.8) is 0 Å². The van der Waals surface area contributed by atoms with Gasteiger partial charge in [-0.2, -0.15) is 0 Å². The quantitative estimate of drug-likeness (QED) is 0.684. The van der Waals surface area contributed by atoms with Crippen LogP contribution in [0.3, 0.4) is 0 Å². The van der Waals surface area contributed by atoms with Gasteiger partial charge < -0.3 is 15.7 Å². The van der Waals surface area contributed by atoms with Gasteiger partial charge in [0.15, 0.2) is 0 Å². The van der Waals surface area contributed by atoms with E-state index in [9.17, 15) is 14.7 Å². The number of aliphatic carboxylic acids is 1. The van der Waals surface area contributed by atoms with Crippen LogP contribution in [0.1, 0.15) is 52.9 Å². The van der Waals surface area contributed by atoms with Crippen LogP contribution in [0.15, 0.2) is 0 Å². The molecule has 19 heavy (non-hydrogen) atoms. The number of piperidine rings is 1. The maximum absolute atomic E-state index is 12.3. The van der Waals surface area contributed by atoms with Crippen LogP contribution in [0.5, 0.6) is 0 Å². The van der Waals surface area contributed by atoms with E-state index >= 15 is 0 Å². The minimum absolute atomic E-state index is 0.177. The molecule has 1 amide bonds. The molecular weight excluding hydrogens is 244 g/mol. The van der Waals surface area contributed by atoms with Gasteiger partial charge in [0.2, 0.25) is 5.91 Å². The van der Waals surface area contributed by atoms with Gasteiger partial charge in [-0.15, -0.1) is 0 Å². The molecule has 1 fully saturated rings. The Kier molecular flexibility index (Phi) is 5.79. The highest BCUT2D eigenvalue weighted by atomic mass is 16.4. The van der Waals surface area contributed by atoms with Crippen molar-refractivity contribution in [3.05, 3.63) is 0 Å². The Bertz CT molecular complexity index is 327. The molecule has 0 bridgehead atoms. The Hall–Kier alpha value is -1.10. The van der Waals surface area contributed by atoms with Gasteiger partial charge in [-0.05, 0) is 38.1 Å². The summed E-state index contributed by atoms with van der Waals surface area (Å²) in [4.78, 5) is 23.6. The van der Waals surface area contributed by atoms with E-state index in [1.165, 1.54) is 0 Å². The fourth-order valence-electron chi connectivity index (χ4n) is 2.67. The molecule has 5 heteroatoms. The molecule has 5 nitrogen and oxygen atoms in total. The highest BCUT2D eigenvalue weighted by Crippen LogP contribution is 2.21. The Morgan fingerprint density at radius 2 is 1.95 bits per heavy atom. The van der Waals surface area contributed by atoms with E-state index in [1.54, 1.807) is 13.8 Å². The number of amides is 1. The van der Waals surface area contributed by atoms with Crippen LogP contribution < -0.4 is 10.6 Å². The molecular formula is C14H26N2O3. The first kappa shape index (κ1) is 16.0. The maximum atomic E-state index is 12.3. The second-order valence-electron chi connectivity index (χ2n) is 5.39. The molecule has 1 aliphatic heterocycles. The van der Waals surface area contributed by atoms with E-state index < -0.39 is 11.5 Å². The fraction of sp³-hybridized carbons (Fsp3) is 0.857. The van der Waals surface area contributed by atoms with Crippen molar-refractivity contribution >= 4 is 11.9 Å². The topological polar surface area (TPSA) is 78.4 Å². The zero-order valence-electron chi connectivity index (χ0n) is 12.2. The van der Waals surface area contributed by atoms with Crippen molar-refractivity contribution in [2.24, 2.45) is 5.92 Å². The van der Waals surface area contributed by atoms with Gasteiger partial charge in [-0.3, -0.25) is 4.79 Å². The van der Waals surface area contributed by atoms with Crippen LogP contribution in [0.4, 0.5) is 0 Å². The lowest BCUT2D eigenvalue weighted by Crippen LogP contribution is -2.59. The Morgan fingerprint density at radius 3 is 2.42 bits per heavy atom. The summed E-state index contributed by atoms with van der Waals surface area (Å²) in [5.41, 5.74) is -1.13. The molecule has 0 aromatic rings. The molecule has 3 N–H and O–H groups in total. The summed E-state index contributed by atoms with van der Waals surface area (Å²) in [5, 5.41) is 15.3. The van der Waals surface area contributed by atoms with E-state index in [1.807, 2.05) is 0 Å². The van der Waals surface area contributed by atoms with E-state index in [0.29, 0.717) is 18.8 Å². The van der Waals surface area contributed by atoms with E-state index in [-0.39, 0.29) is 11.9 Å². The molecule has 0 radical (unpaired) electrons. The number of carbonyl (C=O) groups is 2. The Morgan fingerprint density at radius 1 is 1.32 bits per heavy atom. The number of carbonyl (C=O) groups excluding carboxylic acids is 1. The molecule has 2 unspecified atom stereocenters. The van der Waals surface area contributed by atoms with E-state index in [0.717, 1.165) is 25.8 Å². The minimum atomic E-state index is -1.13. The second-order valence-corrected chi connectivity index (χ2v) is 5.39. The first-order chi connectivity index (χ1) is 8.99. The summed E-state index contributed by atoms with van der Waals surface area (Å²) in [7, 11) is 0. The zero-order chi connectivity index (χ0) is 14.5. The summed E-state index contributed by atoms with van der Waals surface area (Å²) in [6.07, 6.45) is 3.75. The standard InChI is InChI=1S/C14H26N2O3/c1-4-10-7-8-15-11(9-10)12(17)16-14(5-2,6-3)13(18)19/h10-11,15H,4-9H2,1-3H3,(H,16,17)(H,18,19). The SMILES string of the molecule is CCC1CCNC(C(=O)NC(CC)(CC)C(=O)O)C1. The third-order valence-electron chi connectivity index (χ3n) is 4.39. The monoisotopic (exact) mass is 270 g/mol. The molecule has 1 rings (SSSR count). The average molecular weight is 270 g/mol. The van der Waals surface area contributed by atoms with Gasteiger partial charge in [0.25, 0.3) is 0 Å². The number of hydrogen-bond acceptors (Lipinski definition) is 3. The van der Waals surface area contributed by atoms with Crippen molar-refractivity contribution in [1.82, 2.24) is 10.6 Å². The van der Waals surface area contributed by atoms with Crippen LogP contribution >= 0.6 is 0 Å². The molecule has 0 aliphatic carbocycles. The Balaban J connectivity index is 2.69. The highest BCUT2D eigenvalue weighted by Gasteiger charge is 2.38. The maximum Gasteiger partial charge on any atom is 0.329 e. The minimum Gasteiger partial charge on any atom is -0.480 e. The number of carboxylic acid groups (broad SMARTS) is 1. The molecule has 2 atom stereocenters. The molecule has 0 spiro atoms. The van der Waals surface area contributed by atoms with Gasteiger partial charge in [0.05, 0.1) is 6.04 Å². The van der Waals surface area contributed by atoms with Crippen molar-refractivity contribution in [1.29, 1.82) is 0 Å². The second kappa shape index (κ2) is 6.89. The number of hydrogen-bond donors (Lipinski definition) is 3. The summed E-state index contributed by atoms with van der Waals surface area (Å²) in [5.74, 6) is -0.572. The third-order valence-corrected chi connectivity index (χ3v) is 4.39. The molecule has 0 aromatic heterocycles. The van der Waals surface area contributed by atoms with Crippen LogP contribution in [-0.4, -0.2) is 35.1 Å². The lowest BCUT2D eigenvalue weighted by Gasteiger charge is -2.33. The molecule has 1 heterocycles. The normalized spacial score (nSPS) is 23.9. The van der Waals surface area contributed by atoms with Crippen molar-refractivity contribution < 1.29 is 14.7 Å². The average Bonchev–Trinajstić information content (AvgIpc) is 2.44. The fourth-order valence-corrected chi connectivity index (χ4v) is 2.67. The lowest BCUT2D eigenvalue weighted by atomic mass is 9.88. The van der Waals surface area contributed by atoms with Gasteiger partial charge in [0, 0.05) is 0 Å². The molecule has 0 saturated carbocycles. The van der Waals surface area contributed by atoms with Crippen molar-refractivity contribution in [2.45, 2.75) is 64.5 Å². The molecule has 1 aliphatic rings. The van der Waals surface area contributed by atoms with Crippen molar-refractivity contribution in [2.75, 3.05) is 6.54 Å². The first-order valence-electron chi connectivity index (χ1n) is 7.27. The van der Waals surface area contributed by atoms with Crippen LogP contribution in [0, 0.1) is 5.92 Å². The van der Waals surface area contributed by atoms with Crippen LogP contribution in [0.25, 0.3) is 0 Å². The molecule has 110 valence electrons. The number of rotatable bonds is 6. The molecule has 0 aromatic carbocycles. The van der Waals surface area contributed by atoms with Gasteiger partial charge in [-0.25, -0.2) is 4.79 Å². The summed E-state index contributed by atoms with van der Waals surface area (Å²) < 4.78 is 0. The van der Waals surface area contributed by atoms with Gasteiger partial charge in [0.1, 0.15) is 5.54 Å². The smallest absolute Gasteiger partial charge is 0.329 e.